The molecular weight excluding hydrogens is 346 g/mol. The van der Waals surface area contributed by atoms with Gasteiger partial charge >= 0.3 is 0 Å². The molecule has 1 aliphatic rings. The van der Waals surface area contributed by atoms with Gasteiger partial charge in [0.1, 0.15) is 0 Å². The van der Waals surface area contributed by atoms with Crippen molar-refractivity contribution in [2.75, 3.05) is 18.9 Å². The third-order valence-corrected chi connectivity index (χ3v) is 6.58. The Balaban J connectivity index is 2.08. The Bertz CT molecular complexity index is 441. The van der Waals surface area contributed by atoms with Crippen molar-refractivity contribution in [2.45, 2.75) is 51.5 Å². The second-order valence-corrected chi connectivity index (χ2v) is 7.63. The minimum Gasteiger partial charge on any atom is -0.299 e. The van der Waals surface area contributed by atoms with Gasteiger partial charge in [-0.2, -0.15) is 0 Å². The molecule has 1 aromatic rings. The Hall–Kier alpha value is -0.0500. The number of nitrogens with zero attached hydrogens (tertiary/aromatic N) is 1. The largest absolute Gasteiger partial charge is 0.299 e. The van der Waals surface area contributed by atoms with Crippen LogP contribution in [-0.4, -0.2) is 23.8 Å². The van der Waals surface area contributed by atoms with E-state index in [2.05, 4.69) is 46.9 Å². The van der Waals surface area contributed by atoms with Crippen LogP contribution >= 0.6 is 27.5 Å². The van der Waals surface area contributed by atoms with Crippen LogP contribution in [0.3, 0.4) is 0 Å². The van der Waals surface area contributed by atoms with Gasteiger partial charge in [0, 0.05) is 22.9 Å². The lowest BCUT2D eigenvalue weighted by Crippen LogP contribution is -2.38. The molecule has 2 rings (SSSR count). The molecule has 1 nitrogen and oxygen atoms in total. The summed E-state index contributed by atoms with van der Waals surface area (Å²) in [6.45, 7) is 3.41. The van der Waals surface area contributed by atoms with Crippen molar-refractivity contribution in [1.82, 2.24) is 4.90 Å². The van der Waals surface area contributed by atoms with Crippen molar-refractivity contribution in [3.05, 3.63) is 34.9 Å². The first-order chi connectivity index (χ1) is 10.1. The molecule has 21 heavy (non-hydrogen) atoms. The minimum absolute atomic E-state index is 0.359. The van der Waals surface area contributed by atoms with E-state index < -0.39 is 0 Å². The van der Waals surface area contributed by atoms with Crippen molar-refractivity contribution in [3.8, 4) is 0 Å². The Labute approximate surface area is 143 Å². The summed E-state index contributed by atoms with van der Waals surface area (Å²) in [6, 6.07) is 8.59. The molecule has 0 saturated heterocycles. The molecule has 1 aliphatic carbocycles. The second-order valence-electron chi connectivity index (χ2n) is 6.66. The van der Waals surface area contributed by atoms with Gasteiger partial charge in [-0.05, 0) is 43.9 Å². The lowest BCUT2D eigenvalue weighted by Gasteiger charge is -2.38. The molecule has 0 amide bonds. The summed E-state index contributed by atoms with van der Waals surface area (Å²) in [4.78, 5) is 2.48. The SMILES string of the molecule is CC(c1ccccc1Cl)N(C)CC1(CBr)CCCCCC1. The Morgan fingerprint density at radius 2 is 1.81 bits per heavy atom. The number of halogens is 2. The third kappa shape index (κ3) is 4.46. The van der Waals surface area contributed by atoms with E-state index in [-0.39, 0.29) is 0 Å². The molecule has 0 spiro atoms. The summed E-state index contributed by atoms with van der Waals surface area (Å²) in [6.07, 6.45) is 8.24. The molecule has 0 N–H and O–H groups in total. The fourth-order valence-corrected chi connectivity index (χ4v) is 4.56. The predicted molar refractivity (Wildman–Crippen MR) is 96.4 cm³/mol. The normalized spacial score (nSPS) is 20.2. The topological polar surface area (TPSA) is 3.24 Å². The highest BCUT2D eigenvalue weighted by atomic mass is 79.9. The number of rotatable bonds is 5. The van der Waals surface area contributed by atoms with E-state index in [9.17, 15) is 0 Å². The average Bonchev–Trinajstić information content (AvgIpc) is 2.73. The van der Waals surface area contributed by atoms with Gasteiger partial charge in [-0.15, -0.1) is 0 Å². The fourth-order valence-electron chi connectivity index (χ4n) is 3.53. The summed E-state index contributed by atoms with van der Waals surface area (Å²) < 4.78 is 0. The minimum atomic E-state index is 0.359. The van der Waals surface area contributed by atoms with Crippen molar-refractivity contribution < 1.29 is 0 Å². The van der Waals surface area contributed by atoms with E-state index in [1.807, 2.05) is 12.1 Å². The van der Waals surface area contributed by atoms with E-state index in [0.29, 0.717) is 11.5 Å². The van der Waals surface area contributed by atoms with E-state index >= 15 is 0 Å². The highest BCUT2D eigenvalue weighted by Crippen LogP contribution is 2.39. The zero-order valence-corrected chi connectivity index (χ0v) is 15.6. The smallest absolute Gasteiger partial charge is 0.0453 e. The third-order valence-electron chi connectivity index (χ3n) is 5.05. The van der Waals surface area contributed by atoms with E-state index in [1.54, 1.807) is 0 Å². The quantitative estimate of drug-likeness (QED) is 0.448. The summed E-state index contributed by atoms with van der Waals surface area (Å²) in [7, 11) is 2.24. The van der Waals surface area contributed by atoms with Crippen molar-refractivity contribution in [3.63, 3.8) is 0 Å². The zero-order chi connectivity index (χ0) is 15.3. The predicted octanol–water partition coefficient (Wildman–Crippen LogP) is 6.07. The van der Waals surface area contributed by atoms with E-state index in [0.717, 1.165) is 16.9 Å². The Morgan fingerprint density at radius 3 is 2.38 bits per heavy atom. The molecule has 0 aromatic heterocycles. The highest BCUT2D eigenvalue weighted by Gasteiger charge is 2.32. The van der Waals surface area contributed by atoms with Crippen LogP contribution in [0.2, 0.25) is 5.02 Å². The Morgan fingerprint density at radius 1 is 1.19 bits per heavy atom. The number of hydrogen-bond acceptors (Lipinski definition) is 1. The van der Waals surface area contributed by atoms with Gasteiger partial charge in [0.25, 0.3) is 0 Å². The van der Waals surface area contributed by atoms with Crippen LogP contribution in [0, 0.1) is 5.41 Å². The van der Waals surface area contributed by atoms with Crippen molar-refractivity contribution in [1.29, 1.82) is 0 Å². The van der Waals surface area contributed by atoms with Gasteiger partial charge in [0.15, 0.2) is 0 Å². The highest BCUT2D eigenvalue weighted by molar-refractivity contribution is 9.09. The molecule has 0 bridgehead atoms. The molecule has 1 unspecified atom stereocenters. The first kappa shape index (κ1) is 17.3. The molecule has 1 fully saturated rings. The Kier molecular flexibility index (Phi) is 6.58. The van der Waals surface area contributed by atoms with Gasteiger partial charge in [0.05, 0.1) is 0 Å². The zero-order valence-electron chi connectivity index (χ0n) is 13.2. The summed E-state index contributed by atoms with van der Waals surface area (Å²) in [5, 5.41) is 1.99. The molecule has 118 valence electrons. The van der Waals surface area contributed by atoms with Gasteiger partial charge in [0.2, 0.25) is 0 Å². The lowest BCUT2D eigenvalue weighted by atomic mass is 9.81. The van der Waals surface area contributed by atoms with Gasteiger partial charge in [-0.1, -0.05) is 71.4 Å². The van der Waals surface area contributed by atoms with Crippen LogP contribution in [-0.2, 0) is 0 Å². The fraction of sp³-hybridized carbons (Fsp3) is 0.667. The number of hydrogen-bond donors (Lipinski definition) is 0. The average molecular weight is 373 g/mol. The van der Waals surface area contributed by atoms with Crippen LogP contribution in [0.1, 0.15) is 57.1 Å². The van der Waals surface area contributed by atoms with E-state index in [1.165, 1.54) is 44.1 Å². The number of benzene rings is 1. The molecule has 0 radical (unpaired) electrons. The standard InChI is InChI=1S/C18H27BrClN/c1-15(16-9-5-6-10-17(16)20)21(2)14-18(13-19)11-7-3-4-8-12-18/h5-6,9-10,15H,3-4,7-8,11-14H2,1-2H3. The number of alkyl halides is 1. The summed E-state index contributed by atoms with van der Waals surface area (Å²) in [5.74, 6) is 0. The molecule has 1 saturated carbocycles. The molecule has 0 heterocycles. The second kappa shape index (κ2) is 7.99. The van der Waals surface area contributed by atoms with E-state index in [4.69, 9.17) is 11.6 Å². The molecule has 0 aliphatic heterocycles. The molecule has 3 heteroatoms. The monoisotopic (exact) mass is 371 g/mol. The first-order valence-electron chi connectivity index (χ1n) is 8.09. The molecule has 1 aromatic carbocycles. The van der Waals surface area contributed by atoms with Gasteiger partial charge < -0.3 is 0 Å². The van der Waals surface area contributed by atoms with Crippen LogP contribution in [0.25, 0.3) is 0 Å². The lowest BCUT2D eigenvalue weighted by molar-refractivity contribution is 0.144. The molecular formula is C18H27BrClN. The van der Waals surface area contributed by atoms with Crippen LogP contribution in [0.15, 0.2) is 24.3 Å². The maximum Gasteiger partial charge on any atom is 0.0453 e. The van der Waals surface area contributed by atoms with Crippen molar-refractivity contribution in [2.24, 2.45) is 5.41 Å². The van der Waals surface area contributed by atoms with Crippen LogP contribution < -0.4 is 0 Å². The van der Waals surface area contributed by atoms with Gasteiger partial charge in [-0.3, -0.25) is 4.90 Å². The molecule has 1 atom stereocenters. The van der Waals surface area contributed by atoms with Crippen LogP contribution in [0.5, 0.6) is 0 Å². The summed E-state index contributed by atoms with van der Waals surface area (Å²) >= 11 is 10.2. The first-order valence-corrected chi connectivity index (χ1v) is 9.58. The maximum atomic E-state index is 6.36. The summed E-state index contributed by atoms with van der Waals surface area (Å²) in [5.41, 5.74) is 1.67. The van der Waals surface area contributed by atoms with Crippen LogP contribution in [0.4, 0.5) is 0 Å². The van der Waals surface area contributed by atoms with Gasteiger partial charge in [-0.25, -0.2) is 0 Å². The van der Waals surface area contributed by atoms with Crippen molar-refractivity contribution >= 4 is 27.5 Å². The maximum absolute atomic E-state index is 6.36.